The smallest absolute Gasteiger partial charge is 0.407 e. The number of fused-ring (bicyclic) bond motifs is 2. The number of aromatic nitrogens is 2. The van der Waals surface area contributed by atoms with Crippen LogP contribution in [0.2, 0.25) is 10.0 Å². The summed E-state index contributed by atoms with van der Waals surface area (Å²) < 4.78 is 46.5. The Morgan fingerprint density at radius 1 is 0.689 bits per heavy atom. The minimum Gasteiger partial charge on any atom is -0.462 e. The molecule has 0 atom stereocenters. The van der Waals surface area contributed by atoms with E-state index in [4.69, 9.17) is 43.1 Å². The second kappa shape index (κ2) is 20.0. The molecule has 0 fully saturated rings. The number of esters is 2. The molecule has 6 rings (SSSR count). The predicted molar refractivity (Wildman–Crippen MR) is 229 cm³/mol. The molecule has 320 valence electrons. The molecule has 0 saturated heterocycles. The van der Waals surface area contributed by atoms with Gasteiger partial charge in [-0.1, -0.05) is 59.6 Å². The number of rotatable bonds is 11. The van der Waals surface area contributed by atoms with Crippen LogP contribution in [0.5, 0.6) is 0 Å². The predicted octanol–water partition coefficient (Wildman–Crippen LogP) is 8.20. The van der Waals surface area contributed by atoms with Crippen molar-refractivity contribution in [3.63, 3.8) is 0 Å². The van der Waals surface area contributed by atoms with Gasteiger partial charge >= 0.3 is 18.0 Å². The molecule has 4 aromatic heterocycles. The molecule has 4 heterocycles. The summed E-state index contributed by atoms with van der Waals surface area (Å²) in [5.41, 5.74) is 8.06. The first-order valence-electron chi connectivity index (χ1n) is 19.2. The molecule has 3 N–H and O–H groups in total. The molecule has 0 aliphatic carbocycles. The maximum absolute atomic E-state index is 14.4. The molecule has 0 spiro atoms. The fraction of sp³-hybridized carbons (Fsp3) is 0.267. The summed E-state index contributed by atoms with van der Waals surface area (Å²) in [5, 5.41) is 2.69. The summed E-state index contributed by atoms with van der Waals surface area (Å²) in [5.74, 6) is -2.49. The average molecular weight is 878 g/mol. The van der Waals surface area contributed by atoms with Crippen molar-refractivity contribution >= 4 is 52.3 Å². The van der Waals surface area contributed by atoms with Crippen molar-refractivity contribution in [1.29, 1.82) is 0 Å². The molecule has 2 aromatic carbocycles. The van der Waals surface area contributed by atoms with Gasteiger partial charge in [-0.05, 0) is 104 Å². The van der Waals surface area contributed by atoms with Crippen LogP contribution in [0.15, 0.2) is 94.8 Å². The maximum Gasteiger partial charge on any atom is 0.407 e. The lowest BCUT2D eigenvalue weighted by molar-refractivity contribution is 0.0512. The van der Waals surface area contributed by atoms with Gasteiger partial charge in [0.25, 0.3) is 11.1 Å². The molecular formula is C45H44Cl2F2N4O8. The minimum absolute atomic E-state index is 0.00731. The number of amides is 1. The molecule has 0 unspecified atom stereocenters. The number of hydrogen-bond acceptors (Lipinski definition) is 9. The number of alkyl carbamates (subject to hydrolysis) is 1. The van der Waals surface area contributed by atoms with Gasteiger partial charge < -0.3 is 25.3 Å². The molecule has 0 radical (unpaired) electrons. The normalized spacial score (nSPS) is 11.2. The number of nitrogens with zero attached hydrogens (tertiary/aromatic N) is 2. The van der Waals surface area contributed by atoms with E-state index >= 15 is 0 Å². The third-order valence-electron chi connectivity index (χ3n) is 9.10. The maximum atomic E-state index is 14.4. The van der Waals surface area contributed by atoms with Gasteiger partial charge in [0, 0.05) is 38.3 Å². The van der Waals surface area contributed by atoms with Gasteiger partial charge in [-0.3, -0.25) is 18.4 Å². The van der Waals surface area contributed by atoms with Gasteiger partial charge in [-0.2, -0.15) is 0 Å². The van der Waals surface area contributed by atoms with Crippen molar-refractivity contribution in [2.24, 2.45) is 5.73 Å². The van der Waals surface area contributed by atoms with E-state index in [1.54, 1.807) is 89.3 Å². The topological polar surface area (TPSA) is 160 Å². The number of halogens is 4. The van der Waals surface area contributed by atoms with Crippen molar-refractivity contribution in [3.05, 3.63) is 172 Å². The molecule has 0 aliphatic heterocycles. The highest BCUT2D eigenvalue weighted by Gasteiger charge is 2.21. The fourth-order valence-electron chi connectivity index (χ4n) is 6.34. The molecule has 1 amide bonds. The summed E-state index contributed by atoms with van der Waals surface area (Å²) >= 11 is 11.7. The van der Waals surface area contributed by atoms with Crippen molar-refractivity contribution in [1.82, 2.24) is 14.1 Å². The SMILES string of the molecule is CCOC(=O)c1cc(CN)c2ccc(Cc3cccc(Cl)c3F)cn2c1=O.CCOC(=O)c1cc(CNC(=O)OC(C)(C)C)c2ccc(Cc3cccc(Cl)c3F)cn2c1=O. The number of carbonyl (C=O) groups excluding carboxylic acids is 3. The average Bonchev–Trinajstić information content (AvgIpc) is 3.21. The summed E-state index contributed by atoms with van der Waals surface area (Å²) in [7, 11) is 0. The lowest BCUT2D eigenvalue weighted by Gasteiger charge is -2.20. The number of ether oxygens (including phenoxy) is 3. The zero-order valence-electron chi connectivity index (χ0n) is 34.1. The van der Waals surface area contributed by atoms with Crippen molar-refractivity contribution < 1.29 is 37.4 Å². The van der Waals surface area contributed by atoms with E-state index in [0.29, 0.717) is 44.4 Å². The Morgan fingerprint density at radius 3 is 1.56 bits per heavy atom. The quantitative estimate of drug-likeness (QED) is 0.0967. The Morgan fingerprint density at radius 2 is 1.13 bits per heavy atom. The molecule has 12 nitrogen and oxygen atoms in total. The van der Waals surface area contributed by atoms with Crippen LogP contribution in [0.25, 0.3) is 11.0 Å². The van der Waals surface area contributed by atoms with Gasteiger partial charge in [-0.15, -0.1) is 0 Å². The van der Waals surface area contributed by atoms with Gasteiger partial charge in [0.05, 0.1) is 34.3 Å². The highest BCUT2D eigenvalue weighted by atomic mass is 35.5. The van der Waals surface area contributed by atoms with Crippen molar-refractivity contribution in [3.8, 4) is 0 Å². The second-order valence-corrected chi connectivity index (χ2v) is 15.5. The van der Waals surface area contributed by atoms with Gasteiger partial charge in [0.15, 0.2) is 0 Å². The first-order valence-corrected chi connectivity index (χ1v) is 19.9. The van der Waals surface area contributed by atoms with E-state index in [1.165, 1.54) is 39.3 Å². The molecule has 61 heavy (non-hydrogen) atoms. The summed E-state index contributed by atoms with van der Waals surface area (Å²) in [4.78, 5) is 62.5. The molecule has 0 aliphatic rings. The number of pyridine rings is 4. The standard InChI is InChI=1S/C25H26ClFN2O5.C20H18ClFN2O3/c1-5-33-23(31)18-12-17(13-28-24(32)34-25(2,3)4)20-10-9-15(14-29(20)22(18)30)11-16-7-6-8-19(26)21(16)27;1-2-27-20(26)15-9-14(10-23)17-7-6-12(11-24(17)19(15)25)8-13-4-3-5-16(21)18(13)22/h6-10,12,14H,5,11,13H2,1-4H3,(H,28,32);3-7,9,11H,2,8,10,23H2,1H3. The Balaban J connectivity index is 0.000000237. The fourth-order valence-corrected chi connectivity index (χ4v) is 6.73. The van der Waals surface area contributed by atoms with Gasteiger partial charge in [0.2, 0.25) is 0 Å². The van der Waals surface area contributed by atoms with Gasteiger partial charge in [-0.25, -0.2) is 23.2 Å². The Bertz CT molecular complexity index is 2750. The summed E-state index contributed by atoms with van der Waals surface area (Å²) in [6, 6.07) is 19.3. The molecule has 6 aromatic rings. The van der Waals surface area contributed by atoms with Crippen LogP contribution in [0.4, 0.5) is 13.6 Å². The summed E-state index contributed by atoms with van der Waals surface area (Å²) in [6.45, 7) is 8.95. The molecular weight excluding hydrogens is 833 g/mol. The highest BCUT2D eigenvalue weighted by Crippen LogP contribution is 2.23. The van der Waals surface area contributed by atoms with Crippen LogP contribution in [-0.2, 0) is 40.1 Å². The van der Waals surface area contributed by atoms with E-state index in [-0.39, 0.29) is 60.3 Å². The van der Waals surface area contributed by atoms with Crippen molar-refractivity contribution in [2.45, 2.75) is 66.2 Å². The number of nitrogens with two attached hydrogens (primary N) is 1. The van der Waals surface area contributed by atoms with Crippen LogP contribution in [0.1, 0.15) is 88.7 Å². The Kier molecular flexibility index (Phi) is 15.1. The molecule has 0 bridgehead atoms. The van der Waals surface area contributed by atoms with Crippen LogP contribution in [0.3, 0.4) is 0 Å². The van der Waals surface area contributed by atoms with Gasteiger partial charge in [0.1, 0.15) is 28.4 Å². The third kappa shape index (κ3) is 11.2. The first kappa shape index (κ1) is 46.0. The number of hydrogen-bond donors (Lipinski definition) is 2. The Labute approximate surface area is 359 Å². The Hall–Kier alpha value is -6.09. The summed E-state index contributed by atoms with van der Waals surface area (Å²) in [6.07, 6.45) is 2.92. The van der Waals surface area contributed by atoms with Crippen LogP contribution >= 0.6 is 23.2 Å². The monoisotopic (exact) mass is 876 g/mol. The van der Waals surface area contributed by atoms with E-state index in [1.807, 2.05) is 0 Å². The second-order valence-electron chi connectivity index (χ2n) is 14.6. The molecule has 0 saturated carbocycles. The van der Waals surface area contributed by atoms with E-state index in [0.717, 1.165) is 0 Å². The van der Waals surface area contributed by atoms with Crippen molar-refractivity contribution in [2.75, 3.05) is 13.2 Å². The zero-order valence-corrected chi connectivity index (χ0v) is 35.6. The molecule has 16 heteroatoms. The van der Waals surface area contributed by atoms with E-state index < -0.39 is 46.4 Å². The largest absolute Gasteiger partial charge is 0.462 e. The minimum atomic E-state index is -0.772. The zero-order chi connectivity index (χ0) is 44.6. The third-order valence-corrected chi connectivity index (χ3v) is 9.68. The number of nitrogens with one attached hydrogen (secondary N) is 1. The highest BCUT2D eigenvalue weighted by molar-refractivity contribution is 6.31. The van der Waals surface area contributed by atoms with Crippen LogP contribution in [0, 0.1) is 11.6 Å². The van der Waals surface area contributed by atoms with E-state index in [9.17, 15) is 32.8 Å². The number of benzene rings is 2. The lowest BCUT2D eigenvalue weighted by atomic mass is 10.0. The first-order chi connectivity index (χ1) is 29.0. The van der Waals surface area contributed by atoms with Crippen LogP contribution in [-0.4, -0.2) is 45.6 Å². The lowest BCUT2D eigenvalue weighted by Crippen LogP contribution is -2.33. The van der Waals surface area contributed by atoms with Crippen LogP contribution < -0.4 is 22.2 Å². The van der Waals surface area contributed by atoms with E-state index in [2.05, 4.69) is 5.32 Å². The number of carbonyl (C=O) groups is 3.